The van der Waals surface area contributed by atoms with Crippen molar-refractivity contribution in [3.05, 3.63) is 29.3 Å². The summed E-state index contributed by atoms with van der Waals surface area (Å²) in [5, 5.41) is 3.47. The summed E-state index contributed by atoms with van der Waals surface area (Å²) in [6.07, 6.45) is 0. The highest BCUT2D eigenvalue weighted by Crippen LogP contribution is 2.29. The standard InChI is InChI=1S/C9H9ClF3NS/c10-7-1-3-8(4-2-7)14-5-6-15-9(11,12)13/h1-4,14H,5-6H2. The predicted octanol–water partition coefficient (Wildman–Crippen LogP) is 4.00. The van der Waals surface area contributed by atoms with Crippen molar-refractivity contribution < 1.29 is 13.2 Å². The van der Waals surface area contributed by atoms with E-state index in [2.05, 4.69) is 5.32 Å². The molecule has 84 valence electrons. The van der Waals surface area contributed by atoms with Crippen molar-refractivity contribution in [3.8, 4) is 0 Å². The molecule has 0 bridgehead atoms. The first-order chi connectivity index (χ1) is 6.97. The third-order valence-corrected chi connectivity index (χ3v) is 2.53. The fraction of sp³-hybridized carbons (Fsp3) is 0.333. The van der Waals surface area contributed by atoms with E-state index >= 15 is 0 Å². The summed E-state index contributed by atoms with van der Waals surface area (Å²) in [6, 6.07) is 6.81. The van der Waals surface area contributed by atoms with E-state index in [1.165, 1.54) is 0 Å². The van der Waals surface area contributed by atoms with Crippen molar-refractivity contribution in [2.75, 3.05) is 17.6 Å². The van der Waals surface area contributed by atoms with Gasteiger partial charge in [0.25, 0.3) is 0 Å². The molecule has 0 fully saturated rings. The van der Waals surface area contributed by atoms with Crippen LogP contribution in [0.3, 0.4) is 0 Å². The summed E-state index contributed by atoms with van der Waals surface area (Å²) < 4.78 is 35.3. The van der Waals surface area contributed by atoms with Crippen LogP contribution < -0.4 is 5.32 Å². The largest absolute Gasteiger partial charge is 0.441 e. The first kappa shape index (κ1) is 12.5. The second-order valence-corrected chi connectivity index (χ2v) is 4.32. The molecule has 1 N–H and O–H groups in total. The molecule has 0 radical (unpaired) electrons. The van der Waals surface area contributed by atoms with Gasteiger partial charge >= 0.3 is 5.51 Å². The number of rotatable bonds is 4. The molecule has 1 aromatic carbocycles. The van der Waals surface area contributed by atoms with E-state index in [0.29, 0.717) is 5.02 Å². The minimum atomic E-state index is -4.15. The molecule has 0 saturated carbocycles. The van der Waals surface area contributed by atoms with Crippen LogP contribution in [0.15, 0.2) is 24.3 Å². The number of benzene rings is 1. The van der Waals surface area contributed by atoms with E-state index in [9.17, 15) is 13.2 Å². The van der Waals surface area contributed by atoms with Crippen molar-refractivity contribution >= 4 is 29.1 Å². The maximum absolute atomic E-state index is 11.8. The zero-order valence-corrected chi connectivity index (χ0v) is 9.22. The topological polar surface area (TPSA) is 12.0 Å². The van der Waals surface area contributed by atoms with Gasteiger partial charge in [-0.15, -0.1) is 0 Å². The normalized spacial score (nSPS) is 11.5. The van der Waals surface area contributed by atoms with Crippen LogP contribution in [0.25, 0.3) is 0 Å². The van der Waals surface area contributed by atoms with Gasteiger partial charge in [-0.3, -0.25) is 0 Å². The summed E-state index contributed by atoms with van der Waals surface area (Å²) in [5.74, 6) is -0.00781. The SMILES string of the molecule is FC(F)(F)SCCNc1ccc(Cl)cc1. The number of alkyl halides is 3. The van der Waals surface area contributed by atoms with Gasteiger partial charge in [-0.2, -0.15) is 13.2 Å². The Kier molecular flexibility index (Phi) is 4.60. The van der Waals surface area contributed by atoms with Gasteiger partial charge in [0.15, 0.2) is 0 Å². The molecule has 0 spiro atoms. The molecular weight excluding hydrogens is 247 g/mol. The minimum Gasteiger partial charge on any atom is -0.384 e. The van der Waals surface area contributed by atoms with Crippen LogP contribution in [0.1, 0.15) is 0 Å². The Morgan fingerprint density at radius 3 is 2.33 bits per heavy atom. The lowest BCUT2D eigenvalue weighted by molar-refractivity contribution is -0.0327. The van der Waals surface area contributed by atoms with Gasteiger partial charge < -0.3 is 5.32 Å². The monoisotopic (exact) mass is 255 g/mol. The molecule has 0 heterocycles. The first-order valence-corrected chi connectivity index (χ1v) is 5.54. The van der Waals surface area contributed by atoms with E-state index in [4.69, 9.17) is 11.6 Å². The van der Waals surface area contributed by atoms with Gasteiger partial charge in [0.05, 0.1) is 0 Å². The van der Waals surface area contributed by atoms with Gasteiger partial charge in [0.1, 0.15) is 0 Å². The van der Waals surface area contributed by atoms with E-state index in [0.717, 1.165) is 5.69 Å². The first-order valence-electron chi connectivity index (χ1n) is 4.17. The zero-order valence-electron chi connectivity index (χ0n) is 7.64. The maximum atomic E-state index is 11.8. The van der Waals surface area contributed by atoms with Crippen LogP contribution in [0.5, 0.6) is 0 Å². The molecule has 1 aromatic rings. The lowest BCUT2D eigenvalue weighted by Crippen LogP contribution is -2.09. The summed E-state index contributed by atoms with van der Waals surface area (Å²) in [7, 11) is 0. The highest BCUT2D eigenvalue weighted by Gasteiger charge is 2.27. The smallest absolute Gasteiger partial charge is 0.384 e. The molecule has 0 aliphatic heterocycles. The molecule has 15 heavy (non-hydrogen) atoms. The molecule has 1 nitrogen and oxygen atoms in total. The quantitative estimate of drug-likeness (QED) is 0.816. The van der Waals surface area contributed by atoms with E-state index in [1.54, 1.807) is 24.3 Å². The Balaban J connectivity index is 2.23. The molecule has 0 aliphatic rings. The maximum Gasteiger partial charge on any atom is 0.441 e. The van der Waals surface area contributed by atoms with Crippen molar-refractivity contribution in [2.24, 2.45) is 0 Å². The lowest BCUT2D eigenvalue weighted by Gasteiger charge is -2.07. The second kappa shape index (κ2) is 5.51. The Morgan fingerprint density at radius 1 is 1.20 bits per heavy atom. The van der Waals surface area contributed by atoms with Crippen LogP contribution in [0, 0.1) is 0 Å². The molecule has 6 heteroatoms. The Bertz CT molecular complexity index is 299. The zero-order chi connectivity index (χ0) is 11.3. The predicted molar refractivity (Wildman–Crippen MR) is 58.5 cm³/mol. The fourth-order valence-electron chi connectivity index (χ4n) is 0.930. The van der Waals surface area contributed by atoms with Crippen LogP contribution in [-0.4, -0.2) is 17.8 Å². The molecule has 1 rings (SSSR count). The summed E-state index contributed by atoms with van der Waals surface area (Å²) in [5.41, 5.74) is -3.39. The Morgan fingerprint density at radius 2 is 1.80 bits per heavy atom. The molecule has 0 amide bonds. The number of halogens is 4. The van der Waals surface area contributed by atoms with E-state index < -0.39 is 5.51 Å². The highest BCUT2D eigenvalue weighted by atomic mass is 35.5. The second-order valence-electron chi connectivity index (χ2n) is 2.73. The van der Waals surface area contributed by atoms with Gasteiger partial charge in [0.2, 0.25) is 0 Å². The summed E-state index contributed by atoms with van der Waals surface area (Å²) in [4.78, 5) is 0. The van der Waals surface area contributed by atoms with Crippen LogP contribution in [0.4, 0.5) is 18.9 Å². The number of thioether (sulfide) groups is 1. The number of anilines is 1. The molecular formula is C9H9ClF3NS. The average molecular weight is 256 g/mol. The third-order valence-electron chi connectivity index (χ3n) is 1.54. The Labute approximate surface area is 95.0 Å². The number of hydrogen-bond donors (Lipinski definition) is 1. The van der Waals surface area contributed by atoms with Gasteiger partial charge in [0, 0.05) is 23.0 Å². The van der Waals surface area contributed by atoms with Crippen molar-refractivity contribution in [3.63, 3.8) is 0 Å². The molecule has 0 atom stereocenters. The number of hydrogen-bond acceptors (Lipinski definition) is 2. The fourth-order valence-corrected chi connectivity index (χ4v) is 1.49. The van der Waals surface area contributed by atoms with Crippen molar-refractivity contribution in [2.45, 2.75) is 5.51 Å². The third kappa shape index (κ3) is 5.79. The highest BCUT2D eigenvalue weighted by molar-refractivity contribution is 8.00. The number of nitrogens with one attached hydrogen (secondary N) is 1. The average Bonchev–Trinajstić information content (AvgIpc) is 2.14. The van der Waals surface area contributed by atoms with Crippen LogP contribution in [-0.2, 0) is 0 Å². The van der Waals surface area contributed by atoms with E-state index in [1.807, 2.05) is 0 Å². The van der Waals surface area contributed by atoms with Crippen molar-refractivity contribution in [1.82, 2.24) is 0 Å². The minimum absolute atomic E-state index is 0.00781. The molecule has 0 unspecified atom stereocenters. The van der Waals surface area contributed by atoms with Crippen LogP contribution in [0.2, 0.25) is 5.02 Å². The summed E-state index contributed by atoms with van der Waals surface area (Å²) >= 11 is 5.62. The lowest BCUT2D eigenvalue weighted by atomic mass is 10.3. The van der Waals surface area contributed by atoms with Crippen LogP contribution >= 0.6 is 23.4 Å². The van der Waals surface area contributed by atoms with Gasteiger partial charge in [-0.1, -0.05) is 11.6 Å². The molecule has 0 aliphatic carbocycles. The Hall–Kier alpha value is -0.550. The van der Waals surface area contributed by atoms with Gasteiger partial charge in [-0.05, 0) is 36.0 Å². The molecule has 0 saturated heterocycles. The van der Waals surface area contributed by atoms with Gasteiger partial charge in [-0.25, -0.2) is 0 Å². The molecule has 0 aromatic heterocycles. The summed E-state index contributed by atoms with van der Waals surface area (Å²) in [6.45, 7) is 0.270. The van der Waals surface area contributed by atoms with E-state index in [-0.39, 0.29) is 24.1 Å². The van der Waals surface area contributed by atoms with Crippen molar-refractivity contribution in [1.29, 1.82) is 0 Å².